The van der Waals surface area contributed by atoms with Gasteiger partial charge in [-0.05, 0) is 54.6 Å². The number of benzene rings is 2. The van der Waals surface area contributed by atoms with E-state index in [0.29, 0.717) is 28.4 Å². The number of methoxy groups -OCH3 is 2. The Morgan fingerprint density at radius 2 is 1.68 bits per heavy atom. The number of ketones is 1. The highest BCUT2D eigenvalue weighted by Gasteiger charge is 2.30. The van der Waals surface area contributed by atoms with Crippen LogP contribution in [0, 0.1) is 13.8 Å². The van der Waals surface area contributed by atoms with Gasteiger partial charge in [0.15, 0.2) is 5.76 Å². The fourth-order valence-electron chi connectivity index (χ4n) is 3.28. The van der Waals surface area contributed by atoms with Crippen molar-refractivity contribution in [1.82, 2.24) is 0 Å². The maximum absolute atomic E-state index is 12.8. The van der Waals surface area contributed by atoms with Gasteiger partial charge in [-0.25, -0.2) is 4.79 Å². The molecule has 0 atom stereocenters. The molecule has 0 aliphatic carbocycles. The van der Waals surface area contributed by atoms with Gasteiger partial charge >= 0.3 is 5.97 Å². The first-order valence-corrected chi connectivity index (χ1v) is 10.4. The Labute approximate surface area is 183 Å². The number of carbonyl (C=O) groups is 2. The summed E-state index contributed by atoms with van der Waals surface area (Å²) in [4.78, 5) is 26.5. The fourth-order valence-corrected chi connectivity index (χ4v) is 4.13. The lowest BCUT2D eigenvalue weighted by atomic mass is 10.0. The van der Waals surface area contributed by atoms with Crippen molar-refractivity contribution in [1.29, 1.82) is 0 Å². The lowest BCUT2D eigenvalue weighted by Gasteiger charge is -2.10. The number of carbonyl (C=O) groups excluding carboxylic acids is 2. The zero-order chi connectivity index (χ0) is 22.1. The van der Waals surface area contributed by atoms with Gasteiger partial charge in [0.1, 0.15) is 23.0 Å². The SMILES string of the molecule is COc1cc(OC)cc(C(=O)Oc2cc(C)c3c(c2)O/C(=C\c2sccc2C)C3=O)c1. The molecule has 0 saturated carbocycles. The quantitative estimate of drug-likeness (QED) is 0.310. The monoisotopic (exact) mass is 436 g/mol. The molecule has 3 aromatic rings. The first-order valence-electron chi connectivity index (χ1n) is 9.48. The average molecular weight is 436 g/mol. The predicted molar refractivity (Wildman–Crippen MR) is 118 cm³/mol. The molecule has 0 fully saturated rings. The van der Waals surface area contributed by atoms with Crippen LogP contribution >= 0.6 is 11.3 Å². The van der Waals surface area contributed by atoms with Crippen LogP contribution in [0.15, 0.2) is 47.5 Å². The minimum atomic E-state index is -0.578. The maximum Gasteiger partial charge on any atom is 0.343 e. The number of Topliss-reactive ketones (excluding diaryl/α,β-unsaturated/α-hetero) is 1. The van der Waals surface area contributed by atoms with Gasteiger partial charge < -0.3 is 18.9 Å². The first kappa shape index (κ1) is 20.7. The van der Waals surface area contributed by atoms with Crippen LogP contribution < -0.4 is 18.9 Å². The molecule has 1 aromatic heterocycles. The molecular weight excluding hydrogens is 416 g/mol. The molecule has 0 radical (unpaired) electrons. The van der Waals surface area contributed by atoms with E-state index in [1.54, 1.807) is 43.3 Å². The van der Waals surface area contributed by atoms with Crippen LogP contribution in [0.5, 0.6) is 23.0 Å². The van der Waals surface area contributed by atoms with E-state index in [4.69, 9.17) is 18.9 Å². The highest BCUT2D eigenvalue weighted by Crippen LogP contribution is 2.38. The number of esters is 1. The van der Waals surface area contributed by atoms with Crippen molar-refractivity contribution in [3.8, 4) is 23.0 Å². The first-order chi connectivity index (χ1) is 14.9. The minimum Gasteiger partial charge on any atom is -0.497 e. The van der Waals surface area contributed by atoms with Crippen molar-refractivity contribution in [3.05, 3.63) is 74.7 Å². The summed E-state index contributed by atoms with van der Waals surface area (Å²) in [5.41, 5.74) is 2.49. The third-order valence-corrected chi connectivity index (χ3v) is 5.87. The Morgan fingerprint density at radius 3 is 2.29 bits per heavy atom. The van der Waals surface area contributed by atoms with Gasteiger partial charge in [0.05, 0.1) is 25.3 Å². The molecule has 0 unspecified atom stereocenters. The van der Waals surface area contributed by atoms with E-state index in [1.807, 2.05) is 18.4 Å². The van der Waals surface area contributed by atoms with Gasteiger partial charge in [0.25, 0.3) is 0 Å². The smallest absolute Gasteiger partial charge is 0.343 e. The van der Waals surface area contributed by atoms with Gasteiger partial charge in [0, 0.05) is 23.1 Å². The van der Waals surface area contributed by atoms with E-state index < -0.39 is 5.97 Å². The van der Waals surface area contributed by atoms with Crippen LogP contribution in [0.3, 0.4) is 0 Å². The molecule has 31 heavy (non-hydrogen) atoms. The van der Waals surface area contributed by atoms with Crippen LogP contribution in [0.2, 0.25) is 0 Å². The standard InChI is InChI=1S/C24H20O6S/c1-13-5-6-31-21(13)12-20-23(25)22-14(2)7-18(11-19(22)30-20)29-24(26)15-8-16(27-3)10-17(9-15)28-4/h5-12H,1-4H3/b20-12-. The van der Waals surface area contributed by atoms with Gasteiger partial charge in [0.2, 0.25) is 5.78 Å². The Morgan fingerprint density at radius 1 is 0.968 bits per heavy atom. The fraction of sp³-hybridized carbons (Fsp3) is 0.167. The third-order valence-electron chi connectivity index (χ3n) is 4.91. The van der Waals surface area contributed by atoms with E-state index in [9.17, 15) is 9.59 Å². The van der Waals surface area contributed by atoms with Crippen molar-refractivity contribution in [2.75, 3.05) is 14.2 Å². The summed E-state index contributed by atoms with van der Waals surface area (Å²) in [7, 11) is 3.01. The van der Waals surface area contributed by atoms with Crippen LogP contribution in [-0.2, 0) is 0 Å². The molecule has 1 aliphatic heterocycles. The van der Waals surface area contributed by atoms with Gasteiger partial charge in [-0.2, -0.15) is 0 Å². The second-order valence-electron chi connectivity index (χ2n) is 7.01. The highest BCUT2D eigenvalue weighted by atomic mass is 32.1. The molecule has 0 saturated heterocycles. The van der Waals surface area contributed by atoms with Gasteiger partial charge in [-0.1, -0.05) is 0 Å². The summed E-state index contributed by atoms with van der Waals surface area (Å²) in [6.07, 6.45) is 1.75. The zero-order valence-electron chi connectivity index (χ0n) is 17.5. The third kappa shape index (κ3) is 4.04. The minimum absolute atomic E-state index is 0.185. The van der Waals surface area contributed by atoms with Gasteiger partial charge in [-0.3, -0.25) is 4.79 Å². The van der Waals surface area contributed by atoms with E-state index in [2.05, 4.69) is 0 Å². The molecular formula is C24H20O6S. The highest BCUT2D eigenvalue weighted by molar-refractivity contribution is 7.11. The summed E-state index contributed by atoms with van der Waals surface area (Å²) in [5, 5.41) is 1.96. The second-order valence-corrected chi connectivity index (χ2v) is 7.96. The van der Waals surface area contributed by atoms with Crippen LogP contribution in [-0.4, -0.2) is 26.0 Å². The molecule has 0 amide bonds. The molecule has 2 heterocycles. The molecule has 0 bridgehead atoms. The van der Waals surface area contributed by atoms with Crippen molar-refractivity contribution in [3.63, 3.8) is 0 Å². The van der Waals surface area contributed by atoms with Crippen LogP contribution in [0.25, 0.3) is 6.08 Å². The Balaban J connectivity index is 1.61. The lowest BCUT2D eigenvalue weighted by Crippen LogP contribution is -2.09. The van der Waals surface area contributed by atoms with Crippen LogP contribution in [0.4, 0.5) is 0 Å². The van der Waals surface area contributed by atoms with Crippen molar-refractivity contribution < 1.29 is 28.5 Å². The van der Waals surface area contributed by atoms with Crippen molar-refractivity contribution in [2.45, 2.75) is 13.8 Å². The molecule has 0 spiro atoms. The lowest BCUT2D eigenvalue weighted by molar-refractivity contribution is 0.0733. The Hall–Kier alpha value is -3.58. The van der Waals surface area contributed by atoms with E-state index in [1.165, 1.54) is 25.6 Å². The number of hydrogen-bond acceptors (Lipinski definition) is 7. The largest absolute Gasteiger partial charge is 0.497 e. The van der Waals surface area contributed by atoms with Crippen molar-refractivity contribution >= 4 is 29.2 Å². The molecule has 4 rings (SSSR count). The molecule has 2 aromatic carbocycles. The number of ether oxygens (including phenoxy) is 4. The summed E-state index contributed by atoms with van der Waals surface area (Å²) < 4.78 is 21.8. The van der Waals surface area contributed by atoms with E-state index >= 15 is 0 Å². The number of aryl methyl sites for hydroxylation is 2. The predicted octanol–water partition coefficient (Wildman–Crippen LogP) is 5.22. The number of thiophene rings is 1. The molecule has 1 aliphatic rings. The van der Waals surface area contributed by atoms with Crippen LogP contribution in [0.1, 0.15) is 36.7 Å². The van der Waals surface area contributed by atoms with E-state index in [0.717, 1.165) is 10.4 Å². The number of hydrogen-bond donors (Lipinski definition) is 0. The Kier molecular flexibility index (Phi) is 5.52. The average Bonchev–Trinajstić information content (AvgIpc) is 3.30. The molecule has 0 N–H and O–H groups in total. The number of allylic oxidation sites excluding steroid dienone is 1. The van der Waals surface area contributed by atoms with Crippen molar-refractivity contribution in [2.24, 2.45) is 0 Å². The topological polar surface area (TPSA) is 71.1 Å². The molecule has 158 valence electrons. The number of fused-ring (bicyclic) bond motifs is 1. The zero-order valence-corrected chi connectivity index (χ0v) is 18.3. The summed E-state index contributed by atoms with van der Waals surface area (Å²) in [6, 6.07) is 9.98. The second kappa shape index (κ2) is 8.28. The maximum atomic E-state index is 12.8. The molecule has 7 heteroatoms. The summed E-state index contributed by atoms with van der Waals surface area (Å²) in [6.45, 7) is 3.76. The normalized spacial score (nSPS) is 13.7. The molecule has 6 nitrogen and oxygen atoms in total. The van der Waals surface area contributed by atoms with Gasteiger partial charge in [-0.15, -0.1) is 11.3 Å². The summed E-state index contributed by atoms with van der Waals surface area (Å²) in [5.74, 6) is 1.10. The number of rotatable bonds is 5. The summed E-state index contributed by atoms with van der Waals surface area (Å²) >= 11 is 1.54. The van der Waals surface area contributed by atoms with E-state index in [-0.39, 0.29) is 22.9 Å². The Bertz CT molecular complexity index is 1200.